The molecule has 0 radical (unpaired) electrons. The van der Waals surface area contributed by atoms with Gasteiger partial charge in [0, 0.05) is 23.4 Å². The fourth-order valence-electron chi connectivity index (χ4n) is 3.03. The molecule has 8 nitrogen and oxygen atoms in total. The topological polar surface area (TPSA) is 101 Å². The van der Waals surface area contributed by atoms with Crippen LogP contribution in [0.15, 0.2) is 59.1 Å². The number of hydrogen-bond acceptors (Lipinski definition) is 6. The maximum atomic E-state index is 13.4. The van der Waals surface area contributed by atoms with Gasteiger partial charge in [-0.25, -0.2) is 4.68 Å². The highest BCUT2D eigenvalue weighted by molar-refractivity contribution is 6.03. The van der Waals surface area contributed by atoms with Crippen molar-refractivity contribution in [1.82, 2.24) is 20.3 Å². The number of benzene rings is 1. The Morgan fingerprint density at radius 2 is 1.94 bits per heavy atom. The molecule has 1 aromatic heterocycles. The van der Waals surface area contributed by atoms with E-state index in [0.29, 0.717) is 5.82 Å². The van der Waals surface area contributed by atoms with Crippen molar-refractivity contribution in [3.8, 4) is 0 Å². The Morgan fingerprint density at radius 3 is 2.58 bits per heavy atom. The third-order valence-corrected chi connectivity index (χ3v) is 4.37. The van der Waals surface area contributed by atoms with E-state index in [9.17, 15) is 18.0 Å². The summed E-state index contributed by atoms with van der Waals surface area (Å²) >= 11 is 0. The molecule has 4 N–H and O–H groups in total. The number of alkyl halides is 3. The molecule has 2 heterocycles. The van der Waals surface area contributed by atoms with Gasteiger partial charge in [-0.3, -0.25) is 10.2 Å². The molecule has 0 saturated carbocycles. The number of rotatable bonds is 5. The van der Waals surface area contributed by atoms with Gasteiger partial charge in [0.25, 0.3) is 5.91 Å². The van der Waals surface area contributed by atoms with E-state index in [2.05, 4.69) is 20.9 Å². The quantitative estimate of drug-likeness (QED) is 0.627. The largest absolute Gasteiger partial charge is 0.417 e. The maximum Gasteiger partial charge on any atom is 0.417 e. The van der Waals surface area contributed by atoms with E-state index in [-0.39, 0.29) is 28.7 Å². The molecule has 0 unspecified atom stereocenters. The number of hydrazine groups is 1. The maximum absolute atomic E-state index is 13.4. The summed E-state index contributed by atoms with van der Waals surface area (Å²) < 4.78 is 41.9. The summed E-state index contributed by atoms with van der Waals surface area (Å²) in [7, 11) is 0. The highest BCUT2D eigenvalue weighted by Crippen LogP contribution is 2.34. The Labute approximate surface area is 176 Å². The fourth-order valence-corrected chi connectivity index (χ4v) is 3.03. The monoisotopic (exact) mass is 433 g/mol. The molecular weight excluding hydrogens is 411 g/mol. The van der Waals surface area contributed by atoms with Gasteiger partial charge in [-0.1, -0.05) is 18.2 Å². The number of hydrazone groups is 1. The van der Waals surface area contributed by atoms with Crippen LogP contribution in [0, 0.1) is 0 Å². The van der Waals surface area contributed by atoms with E-state index in [1.807, 2.05) is 13.8 Å². The predicted octanol–water partition coefficient (Wildman–Crippen LogP) is 3.46. The molecule has 1 aliphatic heterocycles. The molecule has 1 aromatic carbocycles. The molecule has 31 heavy (non-hydrogen) atoms. The number of allylic oxidation sites excluding steroid dienone is 2. The van der Waals surface area contributed by atoms with Crippen molar-refractivity contribution in [2.45, 2.75) is 33.0 Å². The summed E-state index contributed by atoms with van der Waals surface area (Å²) in [6.07, 6.45) is -0.335. The second kappa shape index (κ2) is 8.54. The normalized spacial score (nSPS) is 14.8. The predicted molar refractivity (Wildman–Crippen MR) is 111 cm³/mol. The number of anilines is 1. The van der Waals surface area contributed by atoms with Crippen LogP contribution in [0.1, 0.15) is 37.9 Å². The van der Waals surface area contributed by atoms with Gasteiger partial charge in [0.1, 0.15) is 5.82 Å². The standard InChI is InChI=1S/C20H22F3N7O/c1-12(2)29-17(9-11-25-29)27-19(31)18(13(3)24)30-26-10-8-16(28-30)14-6-4-5-7-15(14)20(21,22)23/h4-12,28H,24H2,1-3H3,(H,27,31)/b18-13-. The van der Waals surface area contributed by atoms with Crippen molar-refractivity contribution in [1.29, 1.82) is 0 Å². The summed E-state index contributed by atoms with van der Waals surface area (Å²) in [4.78, 5) is 13.0. The van der Waals surface area contributed by atoms with E-state index in [1.54, 1.807) is 16.9 Å². The Bertz CT molecular complexity index is 1060. The minimum atomic E-state index is -4.55. The zero-order chi connectivity index (χ0) is 22.8. The summed E-state index contributed by atoms with van der Waals surface area (Å²) in [5.74, 6) is -0.157. The minimum absolute atomic E-state index is 0.00348. The van der Waals surface area contributed by atoms with Crippen LogP contribution in [-0.2, 0) is 11.0 Å². The minimum Gasteiger partial charge on any atom is -0.400 e. The third kappa shape index (κ3) is 4.71. The molecule has 0 fully saturated rings. The van der Waals surface area contributed by atoms with Crippen LogP contribution in [0.4, 0.5) is 19.0 Å². The van der Waals surface area contributed by atoms with Gasteiger partial charge in [0.2, 0.25) is 0 Å². The van der Waals surface area contributed by atoms with Crippen molar-refractivity contribution < 1.29 is 18.0 Å². The number of carbonyl (C=O) groups is 1. The number of carbonyl (C=O) groups excluding carboxylic acids is 1. The first-order chi connectivity index (χ1) is 14.6. The molecule has 0 aliphatic carbocycles. The fraction of sp³-hybridized carbons (Fsp3) is 0.250. The molecule has 1 amide bonds. The van der Waals surface area contributed by atoms with Gasteiger partial charge in [-0.2, -0.15) is 28.5 Å². The molecule has 3 rings (SSSR count). The van der Waals surface area contributed by atoms with Crippen molar-refractivity contribution in [2.24, 2.45) is 10.8 Å². The Morgan fingerprint density at radius 1 is 1.23 bits per heavy atom. The smallest absolute Gasteiger partial charge is 0.400 e. The van der Waals surface area contributed by atoms with Gasteiger partial charge in [0.05, 0.1) is 23.7 Å². The van der Waals surface area contributed by atoms with Crippen molar-refractivity contribution >= 4 is 23.6 Å². The first-order valence-electron chi connectivity index (χ1n) is 9.38. The Balaban J connectivity index is 1.88. The Kier molecular flexibility index (Phi) is 6.04. The molecule has 0 atom stereocenters. The van der Waals surface area contributed by atoms with Crippen LogP contribution in [-0.4, -0.2) is 27.0 Å². The highest BCUT2D eigenvalue weighted by Gasteiger charge is 2.34. The number of nitrogens with zero attached hydrogens (tertiary/aromatic N) is 4. The van der Waals surface area contributed by atoms with E-state index >= 15 is 0 Å². The van der Waals surface area contributed by atoms with Crippen molar-refractivity contribution in [3.05, 3.63) is 65.1 Å². The average molecular weight is 433 g/mol. The summed E-state index contributed by atoms with van der Waals surface area (Å²) in [6, 6.07) is 6.74. The zero-order valence-corrected chi connectivity index (χ0v) is 17.1. The zero-order valence-electron chi connectivity index (χ0n) is 17.1. The third-order valence-electron chi connectivity index (χ3n) is 4.37. The summed E-state index contributed by atoms with van der Waals surface area (Å²) in [5, 5.41) is 11.9. The number of amides is 1. The first kappa shape index (κ1) is 21.9. The van der Waals surface area contributed by atoms with Gasteiger partial charge in [-0.15, -0.1) is 0 Å². The molecule has 2 aromatic rings. The van der Waals surface area contributed by atoms with Crippen molar-refractivity contribution in [3.63, 3.8) is 0 Å². The summed E-state index contributed by atoms with van der Waals surface area (Å²) in [5.41, 5.74) is 7.92. The van der Waals surface area contributed by atoms with Crippen LogP contribution in [0.3, 0.4) is 0 Å². The van der Waals surface area contributed by atoms with E-state index in [0.717, 1.165) is 11.2 Å². The number of nitrogens with two attached hydrogens (primary N) is 1. The SMILES string of the molecule is C/C(N)=C(\C(=O)Nc1ccnn1C(C)C)N1N=CC=C(c2ccccc2C(F)(F)F)N1. The van der Waals surface area contributed by atoms with Gasteiger partial charge in [-0.05, 0) is 32.9 Å². The highest BCUT2D eigenvalue weighted by atomic mass is 19.4. The lowest BCUT2D eigenvalue weighted by Gasteiger charge is -2.28. The summed E-state index contributed by atoms with van der Waals surface area (Å²) in [6.45, 7) is 5.30. The van der Waals surface area contributed by atoms with E-state index in [1.165, 1.54) is 37.4 Å². The lowest BCUT2D eigenvalue weighted by atomic mass is 10.0. The molecule has 0 saturated heterocycles. The van der Waals surface area contributed by atoms with Gasteiger partial charge in [0.15, 0.2) is 5.70 Å². The number of hydrogen-bond donors (Lipinski definition) is 3. The second-order valence-electron chi connectivity index (χ2n) is 7.05. The number of halogens is 3. The molecular formula is C20H22F3N7O. The molecule has 0 spiro atoms. The number of nitrogens with one attached hydrogen (secondary N) is 2. The van der Waals surface area contributed by atoms with Crippen LogP contribution in [0.5, 0.6) is 0 Å². The second-order valence-corrected chi connectivity index (χ2v) is 7.05. The Hall–Kier alpha value is -3.76. The van der Waals surface area contributed by atoms with Crippen LogP contribution >= 0.6 is 0 Å². The first-order valence-corrected chi connectivity index (χ1v) is 9.38. The molecule has 0 bridgehead atoms. The van der Waals surface area contributed by atoms with E-state index < -0.39 is 17.6 Å². The molecule has 1 aliphatic rings. The van der Waals surface area contributed by atoms with Crippen LogP contribution < -0.4 is 16.5 Å². The molecule has 164 valence electrons. The van der Waals surface area contributed by atoms with Crippen LogP contribution in [0.25, 0.3) is 5.70 Å². The van der Waals surface area contributed by atoms with Crippen LogP contribution in [0.2, 0.25) is 0 Å². The van der Waals surface area contributed by atoms with Gasteiger partial charge >= 0.3 is 6.18 Å². The lowest BCUT2D eigenvalue weighted by molar-refractivity contribution is -0.137. The lowest BCUT2D eigenvalue weighted by Crippen LogP contribution is -2.40. The number of aromatic nitrogens is 2. The average Bonchev–Trinajstić information content (AvgIpc) is 3.16. The van der Waals surface area contributed by atoms with Crippen molar-refractivity contribution in [2.75, 3.05) is 5.32 Å². The molecule has 11 heteroatoms. The van der Waals surface area contributed by atoms with E-state index in [4.69, 9.17) is 5.73 Å². The van der Waals surface area contributed by atoms with Gasteiger partial charge < -0.3 is 11.1 Å².